The van der Waals surface area contributed by atoms with Gasteiger partial charge in [0, 0.05) is 22.8 Å². The average molecular weight is 400 g/mol. The molecule has 0 aromatic heterocycles. The van der Waals surface area contributed by atoms with Crippen molar-refractivity contribution in [3.8, 4) is 0 Å². The molecule has 2 aromatic rings. The van der Waals surface area contributed by atoms with E-state index in [0.717, 1.165) is 15.7 Å². The molecule has 4 nitrogen and oxygen atoms in total. The van der Waals surface area contributed by atoms with Gasteiger partial charge in [-0.3, -0.25) is 10.1 Å². The number of hydrogen-bond acceptors (Lipinski definition) is 3. The van der Waals surface area contributed by atoms with Crippen LogP contribution in [0.15, 0.2) is 45.3 Å². The fourth-order valence-corrected chi connectivity index (χ4v) is 2.56. The number of benzene rings is 2. The highest BCUT2D eigenvalue weighted by molar-refractivity contribution is 9.10. The van der Waals surface area contributed by atoms with Gasteiger partial charge in [-0.2, -0.15) is 0 Å². The van der Waals surface area contributed by atoms with Crippen molar-refractivity contribution in [2.75, 3.05) is 5.32 Å². The van der Waals surface area contributed by atoms with Crippen molar-refractivity contribution in [1.29, 1.82) is 0 Å². The van der Waals surface area contributed by atoms with E-state index in [9.17, 15) is 10.1 Å². The van der Waals surface area contributed by atoms with E-state index < -0.39 is 4.92 Å². The number of halogens is 2. The Balaban J connectivity index is 2.09. The molecule has 0 atom stereocenters. The molecule has 0 unspecified atom stereocenters. The summed E-state index contributed by atoms with van der Waals surface area (Å²) in [5.74, 6) is 0. The molecule has 6 heteroatoms. The van der Waals surface area contributed by atoms with E-state index in [0.29, 0.717) is 11.0 Å². The van der Waals surface area contributed by atoms with Gasteiger partial charge in [-0.1, -0.05) is 28.1 Å². The molecule has 0 saturated carbocycles. The van der Waals surface area contributed by atoms with Crippen LogP contribution in [-0.2, 0) is 6.54 Å². The lowest BCUT2D eigenvalue weighted by Gasteiger charge is -2.08. The summed E-state index contributed by atoms with van der Waals surface area (Å²) < 4.78 is 1.55. The number of hydrogen-bond donors (Lipinski definition) is 1. The maximum Gasteiger partial charge on any atom is 0.283 e. The molecule has 0 aliphatic rings. The van der Waals surface area contributed by atoms with E-state index >= 15 is 0 Å². The van der Waals surface area contributed by atoms with Crippen LogP contribution in [0.4, 0.5) is 11.4 Å². The van der Waals surface area contributed by atoms with Crippen LogP contribution >= 0.6 is 31.9 Å². The van der Waals surface area contributed by atoms with Gasteiger partial charge in [0.15, 0.2) is 0 Å². The Labute approximate surface area is 133 Å². The van der Waals surface area contributed by atoms with Crippen LogP contribution in [0.5, 0.6) is 0 Å². The van der Waals surface area contributed by atoms with Crippen LogP contribution < -0.4 is 5.32 Å². The van der Waals surface area contributed by atoms with Gasteiger partial charge in [0.25, 0.3) is 5.69 Å². The van der Waals surface area contributed by atoms with E-state index in [1.54, 1.807) is 12.1 Å². The van der Waals surface area contributed by atoms with Crippen LogP contribution in [0.3, 0.4) is 0 Å². The molecule has 2 aromatic carbocycles. The van der Waals surface area contributed by atoms with Crippen molar-refractivity contribution >= 4 is 43.2 Å². The highest BCUT2D eigenvalue weighted by atomic mass is 79.9. The second-order valence-corrected chi connectivity index (χ2v) is 6.07. The topological polar surface area (TPSA) is 55.2 Å². The highest BCUT2D eigenvalue weighted by Crippen LogP contribution is 2.28. The van der Waals surface area contributed by atoms with E-state index in [4.69, 9.17) is 0 Å². The third kappa shape index (κ3) is 3.58. The molecule has 20 heavy (non-hydrogen) atoms. The van der Waals surface area contributed by atoms with Crippen molar-refractivity contribution < 1.29 is 4.92 Å². The van der Waals surface area contributed by atoms with Crippen LogP contribution in [0.2, 0.25) is 0 Å². The van der Waals surface area contributed by atoms with Crippen LogP contribution in [0, 0.1) is 17.0 Å². The summed E-state index contributed by atoms with van der Waals surface area (Å²) in [6.45, 7) is 2.70. The summed E-state index contributed by atoms with van der Waals surface area (Å²) in [6, 6.07) is 11.0. The van der Waals surface area contributed by atoms with Crippen molar-refractivity contribution in [1.82, 2.24) is 0 Å². The number of aryl methyl sites for hydroxylation is 1. The van der Waals surface area contributed by atoms with E-state index in [1.807, 2.05) is 19.1 Å². The molecular weight excluding hydrogens is 388 g/mol. The van der Waals surface area contributed by atoms with E-state index in [2.05, 4.69) is 43.2 Å². The van der Waals surface area contributed by atoms with Gasteiger partial charge in [0.1, 0.15) is 0 Å². The van der Waals surface area contributed by atoms with Crippen molar-refractivity contribution in [2.45, 2.75) is 13.5 Å². The fraction of sp³-hybridized carbons (Fsp3) is 0.143. The first kappa shape index (κ1) is 15.0. The molecule has 104 valence electrons. The number of rotatable bonds is 4. The number of nitro benzene ring substituents is 1. The zero-order chi connectivity index (χ0) is 14.7. The van der Waals surface area contributed by atoms with Gasteiger partial charge in [-0.05, 0) is 52.2 Å². The summed E-state index contributed by atoms with van der Waals surface area (Å²) in [5.41, 5.74) is 3.23. The minimum absolute atomic E-state index is 0.0648. The standard InChI is InChI=1S/C14H12Br2N2O2/c1-9-6-10(2-4-12(9)15)8-17-11-3-5-14(18(19)20)13(16)7-11/h2-7,17H,8H2,1H3. The van der Waals surface area contributed by atoms with Gasteiger partial charge in [-0.15, -0.1) is 0 Å². The number of nitrogens with zero attached hydrogens (tertiary/aromatic N) is 1. The molecule has 0 bridgehead atoms. The van der Waals surface area contributed by atoms with E-state index in [1.165, 1.54) is 11.6 Å². The Hall–Kier alpha value is -1.40. The summed E-state index contributed by atoms with van der Waals surface area (Å²) in [7, 11) is 0. The van der Waals surface area contributed by atoms with Gasteiger partial charge in [-0.25, -0.2) is 0 Å². The van der Waals surface area contributed by atoms with Crippen LogP contribution in [-0.4, -0.2) is 4.92 Å². The SMILES string of the molecule is Cc1cc(CNc2ccc([N+](=O)[O-])c(Br)c2)ccc1Br. The van der Waals surface area contributed by atoms with Crippen LogP contribution in [0.25, 0.3) is 0 Å². The predicted octanol–water partition coefficient (Wildman–Crippen LogP) is 5.04. The first-order valence-electron chi connectivity index (χ1n) is 5.90. The zero-order valence-corrected chi connectivity index (χ0v) is 13.9. The maximum absolute atomic E-state index is 10.7. The first-order valence-corrected chi connectivity index (χ1v) is 7.49. The second kappa shape index (κ2) is 6.37. The molecule has 1 N–H and O–H groups in total. The molecule has 0 saturated heterocycles. The largest absolute Gasteiger partial charge is 0.381 e. The monoisotopic (exact) mass is 398 g/mol. The Morgan fingerprint density at radius 2 is 1.90 bits per heavy atom. The van der Waals surface area contributed by atoms with Gasteiger partial charge < -0.3 is 5.32 Å². The maximum atomic E-state index is 10.7. The summed E-state index contributed by atoms with van der Waals surface area (Å²) in [4.78, 5) is 10.3. The van der Waals surface area contributed by atoms with Crippen molar-refractivity contribution in [3.05, 3.63) is 66.6 Å². The number of anilines is 1. The molecular formula is C14H12Br2N2O2. The third-order valence-electron chi connectivity index (χ3n) is 2.86. The third-order valence-corrected chi connectivity index (χ3v) is 4.39. The Kier molecular flexibility index (Phi) is 4.77. The average Bonchev–Trinajstić information content (AvgIpc) is 2.40. The van der Waals surface area contributed by atoms with Gasteiger partial charge >= 0.3 is 0 Å². The summed E-state index contributed by atoms with van der Waals surface area (Å²) in [6.07, 6.45) is 0. The van der Waals surface area contributed by atoms with Crippen molar-refractivity contribution in [2.24, 2.45) is 0 Å². The summed E-state index contributed by atoms with van der Waals surface area (Å²) >= 11 is 6.67. The zero-order valence-electron chi connectivity index (χ0n) is 10.7. The van der Waals surface area contributed by atoms with Gasteiger partial charge in [0.05, 0.1) is 9.40 Å². The molecule has 0 spiro atoms. The fourth-order valence-electron chi connectivity index (χ4n) is 1.79. The lowest BCUT2D eigenvalue weighted by Crippen LogP contribution is -2.00. The van der Waals surface area contributed by atoms with Gasteiger partial charge in [0.2, 0.25) is 0 Å². The predicted molar refractivity (Wildman–Crippen MR) is 87.0 cm³/mol. The molecule has 0 radical (unpaired) electrons. The lowest BCUT2D eigenvalue weighted by molar-refractivity contribution is -0.385. The second-order valence-electron chi connectivity index (χ2n) is 4.36. The molecule has 0 heterocycles. The molecule has 0 amide bonds. The highest BCUT2D eigenvalue weighted by Gasteiger charge is 2.11. The summed E-state index contributed by atoms with van der Waals surface area (Å²) in [5, 5.41) is 14.0. The number of nitro groups is 1. The molecule has 0 fully saturated rings. The lowest BCUT2D eigenvalue weighted by atomic mass is 10.1. The normalized spacial score (nSPS) is 10.3. The smallest absolute Gasteiger partial charge is 0.283 e. The van der Waals surface area contributed by atoms with E-state index in [-0.39, 0.29) is 5.69 Å². The molecule has 0 aliphatic carbocycles. The minimum Gasteiger partial charge on any atom is -0.381 e. The Morgan fingerprint density at radius 3 is 2.50 bits per heavy atom. The molecule has 0 aliphatic heterocycles. The first-order chi connectivity index (χ1) is 9.47. The Morgan fingerprint density at radius 1 is 1.15 bits per heavy atom. The quantitative estimate of drug-likeness (QED) is 0.578. The Bertz CT molecular complexity index is 660. The number of nitrogens with one attached hydrogen (secondary N) is 1. The van der Waals surface area contributed by atoms with Crippen molar-refractivity contribution in [3.63, 3.8) is 0 Å². The minimum atomic E-state index is -0.411. The van der Waals surface area contributed by atoms with Crippen LogP contribution in [0.1, 0.15) is 11.1 Å². The molecule has 2 rings (SSSR count).